The number of nitrogens with zero attached hydrogens (tertiary/aromatic N) is 1. The van der Waals surface area contributed by atoms with E-state index in [-0.39, 0.29) is 11.6 Å². The number of aromatic nitrogens is 2. The third kappa shape index (κ3) is 2.52. The van der Waals surface area contributed by atoms with Crippen LogP contribution in [0.2, 0.25) is 0 Å². The number of para-hydroxylation sites is 1. The SMILES string of the molecule is CCNC(=O)N(c1ccccc1)c1c(C)[nH][nH]c1=O. The number of carbonyl (C=O) groups is 1. The van der Waals surface area contributed by atoms with Crippen molar-refractivity contribution < 1.29 is 4.79 Å². The molecular weight excluding hydrogens is 244 g/mol. The van der Waals surface area contributed by atoms with Gasteiger partial charge in [0.25, 0.3) is 5.56 Å². The number of carbonyl (C=O) groups excluding carboxylic acids is 1. The highest BCUT2D eigenvalue weighted by Crippen LogP contribution is 2.24. The standard InChI is InChI=1S/C13H16N4O2/c1-3-14-13(19)17(10-7-5-4-6-8-10)11-9(2)15-16-12(11)18/h4-8H,3H2,1-2H3,(H,14,19)(H2,15,16,18). The molecule has 0 fully saturated rings. The van der Waals surface area contributed by atoms with Crippen LogP contribution in [0.15, 0.2) is 35.1 Å². The molecule has 19 heavy (non-hydrogen) atoms. The molecule has 0 spiro atoms. The normalized spacial score (nSPS) is 10.2. The van der Waals surface area contributed by atoms with E-state index in [2.05, 4.69) is 15.5 Å². The Morgan fingerprint density at radius 1 is 1.26 bits per heavy atom. The van der Waals surface area contributed by atoms with Gasteiger partial charge in [0.15, 0.2) is 0 Å². The summed E-state index contributed by atoms with van der Waals surface area (Å²) in [5.74, 6) is 0. The fourth-order valence-corrected chi connectivity index (χ4v) is 1.86. The molecule has 0 saturated heterocycles. The van der Waals surface area contributed by atoms with E-state index in [1.165, 1.54) is 4.90 Å². The van der Waals surface area contributed by atoms with E-state index >= 15 is 0 Å². The molecule has 0 bridgehead atoms. The molecule has 6 nitrogen and oxygen atoms in total. The van der Waals surface area contributed by atoms with E-state index in [0.717, 1.165) is 0 Å². The summed E-state index contributed by atoms with van der Waals surface area (Å²) in [6.07, 6.45) is 0. The van der Waals surface area contributed by atoms with Crippen molar-refractivity contribution in [3.63, 3.8) is 0 Å². The molecule has 1 aromatic heterocycles. The highest BCUT2D eigenvalue weighted by molar-refractivity contribution is 5.99. The Morgan fingerprint density at radius 3 is 2.47 bits per heavy atom. The largest absolute Gasteiger partial charge is 0.338 e. The van der Waals surface area contributed by atoms with Crippen LogP contribution in [0.1, 0.15) is 12.6 Å². The number of aromatic amines is 2. The molecule has 1 aromatic carbocycles. The number of hydrogen-bond acceptors (Lipinski definition) is 2. The Labute approximate surface area is 110 Å². The van der Waals surface area contributed by atoms with E-state index in [9.17, 15) is 9.59 Å². The van der Waals surface area contributed by atoms with Gasteiger partial charge < -0.3 is 10.4 Å². The Kier molecular flexibility index (Phi) is 3.70. The van der Waals surface area contributed by atoms with E-state index in [1.54, 1.807) is 19.1 Å². The summed E-state index contributed by atoms with van der Waals surface area (Å²) in [5.41, 5.74) is 1.23. The van der Waals surface area contributed by atoms with Gasteiger partial charge in [-0.3, -0.25) is 14.8 Å². The van der Waals surface area contributed by atoms with Crippen molar-refractivity contribution in [3.05, 3.63) is 46.4 Å². The molecule has 100 valence electrons. The first kappa shape index (κ1) is 12.9. The second-order valence-corrected chi connectivity index (χ2v) is 4.06. The van der Waals surface area contributed by atoms with Gasteiger partial charge in [0.05, 0.1) is 11.4 Å². The molecule has 0 aliphatic heterocycles. The van der Waals surface area contributed by atoms with E-state index in [0.29, 0.717) is 23.6 Å². The Balaban J connectivity index is 2.53. The average molecular weight is 260 g/mol. The average Bonchev–Trinajstić information content (AvgIpc) is 2.73. The Bertz CT molecular complexity index is 615. The Morgan fingerprint density at radius 2 is 1.95 bits per heavy atom. The van der Waals surface area contributed by atoms with Gasteiger partial charge in [-0.05, 0) is 26.0 Å². The van der Waals surface area contributed by atoms with E-state index < -0.39 is 0 Å². The molecule has 0 radical (unpaired) electrons. The van der Waals surface area contributed by atoms with Crippen molar-refractivity contribution in [2.75, 3.05) is 11.4 Å². The van der Waals surface area contributed by atoms with Gasteiger partial charge in [0, 0.05) is 6.54 Å². The molecule has 1 heterocycles. The first-order valence-corrected chi connectivity index (χ1v) is 6.05. The number of hydrogen-bond donors (Lipinski definition) is 3. The zero-order valence-corrected chi connectivity index (χ0v) is 10.9. The predicted octanol–water partition coefficient (Wildman–Crippen LogP) is 1.88. The molecule has 0 aliphatic carbocycles. The third-order valence-corrected chi connectivity index (χ3v) is 2.70. The van der Waals surface area contributed by atoms with E-state index in [4.69, 9.17) is 0 Å². The lowest BCUT2D eigenvalue weighted by atomic mass is 10.2. The number of urea groups is 1. The van der Waals surface area contributed by atoms with Crippen molar-refractivity contribution in [2.45, 2.75) is 13.8 Å². The maximum Gasteiger partial charge on any atom is 0.326 e. The van der Waals surface area contributed by atoms with Gasteiger partial charge in [-0.2, -0.15) is 0 Å². The molecule has 2 aromatic rings. The minimum absolute atomic E-state index is 0.303. The summed E-state index contributed by atoms with van der Waals surface area (Å²) in [4.78, 5) is 25.4. The number of benzene rings is 1. The lowest BCUT2D eigenvalue weighted by molar-refractivity contribution is 0.249. The summed E-state index contributed by atoms with van der Waals surface area (Å²) in [5, 5.41) is 7.91. The highest BCUT2D eigenvalue weighted by Gasteiger charge is 2.23. The van der Waals surface area contributed by atoms with Gasteiger partial charge in [0.2, 0.25) is 0 Å². The molecule has 0 aliphatic rings. The van der Waals surface area contributed by atoms with Crippen LogP contribution in [0.4, 0.5) is 16.2 Å². The number of amides is 2. The van der Waals surface area contributed by atoms with Crippen LogP contribution >= 0.6 is 0 Å². The van der Waals surface area contributed by atoms with Gasteiger partial charge in [-0.1, -0.05) is 18.2 Å². The lowest BCUT2D eigenvalue weighted by Gasteiger charge is -2.21. The van der Waals surface area contributed by atoms with Crippen LogP contribution < -0.4 is 15.8 Å². The summed E-state index contributed by atoms with van der Waals surface area (Å²) < 4.78 is 0. The van der Waals surface area contributed by atoms with Crippen LogP contribution in [0.25, 0.3) is 0 Å². The van der Waals surface area contributed by atoms with Crippen LogP contribution in [-0.4, -0.2) is 22.8 Å². The van der Waals surface area contributed by atoms with Crippen molar-refractivity contribution >= 4 is 17.4 Å². The molecule has 2 rings (SSSR count). The van der Waals surface area contributed by atoms with Crippen LogP contribution in [0.5, 0.6) is 0 Å². The fraction of sp³-hybridized carbons (Fsp3) is 0.231. The number of rotatable bonds is 3. The van der Waals surface area contributed by atoms with Crippen molar-refractivity contribution in [1.29, 1.82) is 0 Å². The number of nitrogens with one attached hydrogen (secondary N) is 3. The van der Waals surface area contributed by atoms with Gasteiger partial charge in [0.1, 0.15) is 5.69 Å². The monoisotopic (exact) mass is 260 g/mol. The molecule has 0 atom stereocenters. The minimum Gasteiger partial charge on any atom is -0.338 e. The third-order valence-electron chi connectivity index (χ3n) is 2.70. The van der Waals surface area contributed by atoms with Crippen LogP contribution in [0, 0.1) is 6.92 Å². The van der Waals surface area contributed by atoms with Crippen molar-refractivity contribution in [3.8, 4) is 0 Å². The number of H-pyrrole nitrogens is 2. The molecule has 3 N–H and O–H groups in total. The minimum atomic E-state index is -0.332. The van der Waals surface area contributed by atoms with Crippen molar-refractivity contribution in [1.82, 2.24) is 15.5 Å². The number of aryl methyl sites for hydroxylation is 1. The maximum atomic E-state index is 12.2. The predicted molar refractivity (Wildman–Crippen MR) is 73.8 cm³/mol. The Hall–Kier alpha value is -2.50. The van der Waals surface area contributed by atoms with E-state index in [1.807, 2.05) is 25.1 Å². The second-order valence-electron chi connectivity index (χ2n) is 4.06. The zero-order chi connectivity index (χ0) is 13.8. The quantitative estimate of drug-likeness (QED) is 0.787. The molecule has 2 amide bonds. The highest BCUT2D eigenvalue weighted by atomic mass is 16.2. The summed E-state index contributed by atoms with van der Waals surface area (Å²) in [6, 6.07) is 8.72. The summed E-state index contributed by atoms with van der Waals surface area (Å²) in [6.45, 7) is 4.06. The van der Waals surface area contributed by atoms with Gasteiger partial charge >= 0.3 is 6.03 Å². The second kappa shape index (κ2) is 5.43. The maximum absolute atomic E-state index is 12.2. The molecule has 6 heteroatoms. The lowest BCUT2D eigenvalue weighted by Crippen LogP contribution is -2.38. The summed E-state index contributed by atoms with van der Waals surface area (Å²) in [7, 11) is 0. The number of anilines is 2. The first-order chi connectivity index (χ1) is 9.15. The van der Waals surface area contributed by atoms with Crippen LogP contribution in [-0.2, 0) is 0 Å². The first-order valence-electron chi connectivity index (χ1n) is 6.05. The molecule has 0 unspecified atom stereocenters. The topological polar surface area (TPSA) is 81.0 Å². The molecular formula is C13H16N4O2. The smallest absolute Gasteiger partial charge is 0.326 e. The fourth-order valence-electron chi connectivity index (χ4n) is 1.86. The van der Waals surface area contributed by atoms with Crippen molar-refractivity contribution in [2.24, 2.45) is 0 Å². The van der Waals surface area contributed by atoms with Gasteiger partial charge in [-0.25, -0.2) is 4.79 Å². The summed E-state index contributed by atoms with van der Waals surface area (Å²) >= 11 is 0. The van der Waals surface area contributed by atoms with Gasteiger partial charge in [-0.15, -0.1) is 0 Å². The molecule has 0 saturated carbocycles. The zero-order valence-electron chi connectivity index (χ0n) is 10.9. The van der Waals surface area contributed by atoms with Crippen LogP contribution in [0.3, 0.4) is 0 Å².